The van der Waals surface area contributed by atoms with E-state index in [1.165, 1.54) is 5.56 Å². The van der Waals surface area contributed by atoms with Crippen LogP contribution in [0.2, 0.25) is 0 Å². The number of nitrogens with zero attached hydrogens (tertiary/aromatic N) is 1. The van der Waals surface area contributed by atoms with Crippen LogP contribution in [-0.2, 0) is 16.1 Å². The lowest BCUT2D eigenvalue weighted by Gasteiger charge is -2.14. The average Bonchev–Trinajstić information content (AvgIpc) is 2.37. The summed E-state index contributed by atoms with van der Waals surface area (Å²) >= 11 is 0. The van der Waals surface area contributed by atoms with E-state index in [0.717, 1.165) is 32.4 Å². The van der Waals surface area contributed by atoms with Crippen molar-refractivity contribution >= 4 is 6.29 Å². The largest absolute Gasteiger partial charge is 0.377 e. The van der Waals surface area contributed by atoms with Gasteiger partial charge in [0.15, 0.2) is 0 Å². The number of rotatable bonds is 9. The minimum absolute atomic E-state index is 0.612. The normalized spacial score (nSPS) is 10.7. The van der Waals surface area contributed by atoms with Gasteiger partial charge >= 0.3 is 0 Å². The van der Waals surface area contributed by atoms with Crippen LogP contribution in [-0.4, -0.2) is 37.9 Å². The van der Waals surface area contributed by atoms with E-state index >= 15 is 0 Å². The van der Waals surface area contributed by atoms with Crippen LogP contribution in [0.3, 0.4) is 0 Å². The first-order chi connectivity index (χ1) is 8.33. The van der Waals surface area contributed by atoms with Gasteiger partial charge in [0.2, 0.25) is 0 Å². The van der Waals surface area contributed by atoms with Gasteiger partial charge < -0.3 is 14.4 Å². The van der Waals surface area contributed by atoms with E-state index in [-0.39, 0.29) is 0 Å². The van der Waals surface area contributed by atoms with E-state index in [1.807, 2.05) is 25.2 Å². The summed E-state index contributed by atoms with van der Waals surface area (Å²) in [5.74, 6) is 0. The molecule has 94 valence electrons. The van der Waals surface area contributed by atoms with E-state index < -0.39 is 0 Å². The molecule has 0 aliphatic heterocycles. The van der Waals surface area contributed by atoms with Gasteiger partial charge in [-0.05, 0) is 19.0 Å². The maximum Gasteiger partial charge on any atom is 0.121 e. The minimum atomic E-state index is 0.612. The summed E-state index contributed by atoms with van der Waals surface area (Å²) < 4.78 is 5.58. The van der Waals surface area contributed by atoms with Crippen molar-refractivity contribution in [3.8, 4) is 0 Å². The smallest absolute Gasteiger partial charge is 0.121 e. The molecule has 0 aliphatic rings. The summed E-state index contributed by atoms with van der Waals surface area (Å²) in [5.41, 5.74) is 1.21. The molecule has 1 rings (SSSR count). The fraction of sp³-hybridized carbons (Fsp3) is 0.500. The molecule has 0 aromatic heterocycles. The molecule has 0 saturated carbocycles. The van der Waals surface area contributed by atoms with Gasteiger partial charge in [0.05, 0.1) is 6.61 Å². The molecule has 0 bridgehead atoms. The zero-order chi connectivity index (χ0) is 12.3. The highest BCUT2D eigenvalue weighted by atomic mass is 16.5. The average molecular weight is 235 g/mol. The van der Waals surface area contributed by atoms with Crippen molar-refractivity contribution in [2.45, 2.75) is 19.4 Å². The van der Waals surface area contributed by atoms with Crippen molar-refractivity contribution in [2.75, 3.05) is 26.7 Å². The topological polar surface area (TPSA) is 29.5 Å². The van der Waals surface area contributed by atoms with Crippen LogP contribution in [0, 0.1) is 0 Å². The second-order valence-electron chi connectivity index (χ2n) is 4.15. The molecule has 0 fully saturated rings. The van der Waals surface area contributed by atoms with Gasteiger partial charge in [-0.15, -0.1) is 0 Å². The maximum absolute atomic E-state index is 10.2. The Morgan fingerprint density at radius 3 is 2.71 bits per heavy atom. The van der Waals surface area contributed by atoms with Gasteiger partial charge in [-0.25, -0.2) is 0 Å². The molecule has 3 heteroatoms. The number of hydrogen-bond acceptors (Lipinski definition) is 3. The SMILES string of the molecule is CN(CCC=O)CCCOCc1ccccc1. The molecule has 0 atom stereocenters. The number of carbonyl (C=O) groups excluding carboxylic acids is 1. The second-order valence-corrected chi connectivity index (χ2v) is 4.15. The fourth-order valence-corrected chi connectivity index (χ4v) is 1.59. The molecule has 1 aromatic rings. The van der Waals surface area contributed by atoms with Crippen LogP contribution in [0.15, 0.2) is 30.3 Å². The van der Waals surface area contributed by atoms with Crippen LogP contribution in [0.1, 0.15) is 18.4 Å². The van der Waals surface area contributed by atoms with Crippen LogP contribution >= 0.6 is 0 Å². The van der Waals surface area contributed by atoms with Crippen molar-refractivity contribution in [3.63, 3.8) is 0 Å². The summed E-state index contributed by atoms with van der Waals surface area (Å²) in [6.45, 7) is 3.25. The van der Waals surface area contributed by atoms with Crippen molar-refractivity contribution in [2.24, 2.45) is 0 Å². The Morgan fingerprint density at radius 1 is 1.24 bits per heavy atom. The molecular formula is C14H21NO2. The minimum Gasteiger partial charge on any atom is -0.377 e. The Hall–Kier alpha value is -1.19. The number of hydrogen-bond donors (Lipinski definition) is 0. The Labute approximate surface area is 103 Å². The number of aldehydes is 1. The highest BCUT2D eigenvalue weighted by molar-refractivity contribution is 5.49. The first kappa shape index (κ1) is 13.9. The highest BCUT2D eigenvalue weighted by Gasteiger charge is 1.97. The van der Waals surface area contributed by atoms with E-state index in [4.69, 9.17) is 4.74 Å². The monoisotopic (exact) mass is 235 g/mol. The molecule has 0 heterocycles. The summed E-state index contributed by atoms with van der Waals surface area (Å²) in [6, 6.07) is 10.2. The fourth-order valence-electron chi connectivity index (χ4n) is 1.59. The molecule has 0 aliphatic carbocycles. The van der Waals surface area contributed by atoms with Gasteiger partial charge in [0, 0.05) is 26.1 Å². The Balaban J connectivity index is 1.99. The molecule has 1 aromatic carbocycles. The van der Waals surface area contributed by atoms with Crippen LogP contribution in [0.25, 0.3) is 0 Å². The zero-order valence-corrected chi connectivity index (χ0v) is 10.5. The third kappa shape index (κ3) is 6.87. The Kier molecular flexibility index (Phi) is 7.27. The van der Waals surface area contributed by atoms with Gasteiger partial charge in [-0.1, -0.05) is 30.3 Å². The predicted molar refractivity (Wildman–Crippen MR) is 68.9 cm³/mol. The first-order valence-corrected chi connectivity index (χ1v) is 6.07. The maximum atomic E-state index is 10.2. The molecule has 0 saturated heterocycles. The standard InChI is InChI=1S/C14H21NO2/c1-15(9-5-11-16)10-6-12-17-13-14-7-3-2-4-8-14/h2-4,7-8,11H,5-6,9-10,12-13H2,1H3. The Bertz CT molecular complexity index is 300. The summed E-state index contributed by atoms with van der Waals surface area (Å²) in [7, 11) is 2.03. The number of ether oxygens (including phenoxy) is 1. The van der Waals surface area contributed by atoms with Crippen LogP contribution < -0.4 is 0 Å². The number of carbonyl (C=O) groups is 1. The molecule has 0 unspecified atom stereocenters. The third-order valence-electron chi connectivity index (χ3n) is 2.57. The lowest BCUT2D eigenvalue weighted by atomic mass is 10.2. The first-order valence-electron chi connectivity index (χ1n) is 6.07. The van der Waals surface area contributed by atoms with Crippen molar-refractivity contribution in [1.82, 2.24) is 4.90 Å². The van der Waals surface area contributed by atoms with Crippen LogP contribution in [0.4, 0.5) is 0 Å². The van der Waals surface area contributed by atoms with Crippen molar-refractivity contribution in [3.05, 3.63) is 35.9 Å². The van der Waals surface area contributed by atoms with Gasteiger partial charge in [-0.2, -0.15) is 0 Å². The molecule has 0 radical (unpaired) electrons. The molecule has 0 spiro atoms. The molecule has 3 nitrogen and oxygen atoms in total. The van der Waals surface area contributed by atoms with E-state index in [0.29, 0.717) is 13.0 Å². The lowest BCUT2D eigenvalue weighted by molar-refractivity contribution is -0.108. The molecule has 0 N–H and O–H groups in total. The van der Waals surface area contributed by atoms with E-state index in [1.54, 1.807) is 0 Å². The summed E-state index contributed by atoms with van der Waals surface area (Å²) in [5, 5.41) is 0. The highest BCUT2D eigenvalue weighted by Crippen LogP contribution is 2.01. The van der Waals surface area contributed by atoms with Gasteiger partial charge in [0.1, 0.15) is 6.29 Å². The van der Waals surface area contributed by atoms with Crippen molar-refractivity contribution < 1.29 is 9.53 Å². The predicted octanol–water partition coefficient (Wildman–Crippen LogP) is 2.11. The molecular weight excluding hydrogens is 214 g/mol. The van der Waals surface area contributed by atoms with Gasteiger partial charge in [-0.3, -0.25) is 0 Å². The third-order valence-corrected chi connectivity index (χ3v) is 2.57. The Morgan fingerprint density at radius 2 is 2.00 bits per heavy atom. The van der Waals surface area contributed by atoms with E-state index in [9.17, 15) is 4.79 Å². The van der Waals surface area contributed by atoms with E-state index in [2.05, 4.69) is 17.0 Å². The number of benzene rings is 1. The van der Waals surface area contributed by atoms with Gasteiger partial charge in [0.25, 0.3) is 0 Å². The van der Waals surface area contributed by atoms with Crippen molar-refractivity contribution in [1.29, 1.82) is 0 Å². The molecule has 17 heavy (non-hydrogen) atoms. The lowest BCUT2D eigenvalue weighted by Crippen LogP contribution is -2.22. The molecule has 0 amide bonds. The summed E-state index contributed by atoms with van der Waals surface area (Å²) in [6.07, 6.45) is 2.58. The van der Waals surface area contributed by atoms with Crippen LogP contribution in [0.5, 0.6) is 0 Å². The zero-order valence-electron chi connectivity index (χ0n) is 10.5. The second kappa shape index (κ2) is 8.90. The summed E-state index contributed by atoms with van der Waals surface area (Å²) in [4.78, 5) is 12.3. The quantitative estimate of drug-likeness (QED) is 0.485.